The van der Waals surface area contributed by atoms with Gasteiger partial charge in [0.2, 0.25) is 5.91 Å². The number of halogens is 1. The van der Waals surface area contributed by atoms with Gasteiger partial charge in [-0.25, -0.2) is 10.9 Å². The Kier molecular flexibility index (Phi) is 5.40. The molecule has 0 saturated carbocycles. The summed E-state index contributed by atoms with van der Waals surface area (Å²) >= 11 is 6.18. The van der Waals surface area contributed by atoms with Gasteiger partial charge >= 0.3 is 0 Å². The molecule has 132 valence electrons. The van der Waals surface area contributed by atoms with E-state index in [4.69, 9.17) is 16.3 Å². The predicted octanol–water partition coefficient (Wildman–Crippen LogP) is 2.01. The number of amides is 1. The molecule has 3 rings (SSSR count). The first-order valence-electron chi connectivity index (χ1n) is 7.80. The van der Waals surface area contributed by atoms with Gasteiger partial charge in [-0.1, -0.05) is 17.7 Å². The Labute approximate surface area is 151 Å². The van der Waals surface area contributed by atoms with Gasteiger partial charge in [-0.15, -0.1) is 0 Å². The molecular formula is C17H20ClN5O2. The lowest BCUT2D eigenvalue weighted by Crippen LogP contribution is -2.47. The van der Waals surface area contributed by atoms with Gasteiger partial charge < -0.3 is 15.4 Å². The maximum absolute atomic E-state index is 12.6. The fourth-order valence-corrected chi connectivity index (χ4v) is 2.78. The van der Waals surface area contributed by atoms with Crippen LogP contribution in [-0.2, 0) is 4.79 Å². The molecule has 0 spiro atoms. The highest BCUT2D eigenvalue weighted by Gasteiger charge is 2.33. The molecule has 2 aromatic carbocycles. The van der Waals surface area contributed by atoms with Crippen LogP contribution in [0.3, 0.4) is 0 Å². The van der Waals surface area contributed by atoms with Crippen LogP contribution in [0.1, 0.15) is 5.56 Å². The minimum atomic E-state index is -0.542. The zero-order valence-electron chi connectivity index (χ0n) is 13.9. The molecular weight excluding hydrogens is 342 g/mol. The van der Waals surface area contributed by atoms with Gasteiger partial charge in [-0.2, -0.15) is 5.53 Å². The van der Waals surface area contributed by atoms with Crippen molar-refractivity contribution in [1.82, 2.24) is 16.4 Å². The molecule has 1 heterocycles. The highest BCUT2D eigenvalue weighted by atomic mass is 35.5. The number of hydrogen-bond acceptors (Lipinski definition) is 6. The van der Waals surface area contributed by atoms with E-state index in [1.54, 1.807) is 13.2 Å². The van der Waals surface area contributed by atoms with E-state index in [2.05, 4.69) is 27.0 Å². The molecule has 2 aromatic rings. The summed E-state index contributed by atoms with van der Waals surface area (Å²) in [7, 11) is 1.62. The number of benzene rings is 2. The molecule has 2 atom stereocenters. The van der Waals surface area contributed by atoms with Crippen molar-refractivity contribution in [1.29, 1.82) is 0 Å². The molecule has 1 fully saturated rings. The second kappa shape index (κ2) is 7.71. The van der Waals surface area contributed by atoms with Crippen LogP contribution in [0.25, 0.3) is 0 Å². The summed E-state index contributed by atoms with van der Waals surface area (Å²) < 4.78 is 5.14. The molecule has 5 N–H and O–H groups in total. The van der Waals surface area contributed by atoms with Crippen LogP contribution in [0, 0.1) is 6.92 Å². The van der Waals surface area contributed by atoms with Crippen LogP contribution in [0.15, 0.2) is 42.5 Å². The van der Waals surface area contributed by atoms with Crippen molar-refractivity contribution in [2.45, 2.75) is 19.1 Å². The molecule has 0 radical (unpaired) electrons. The minimum Gasteiger partial charge on any atom is -0.497 e. The molecule has 0 aromatic heterocycles. The first kappa shape index (κ1) is 17.5. The summed E-state index contributed by atoms with van der Waals surface area (Å²) in [5.41, 5.74) is 11.1. The van der Waals surface area contributed by atoms with Gasteiger partial charge in [-0.3, -0.25) is 4.79 Å². The quantitative estimate of drug-likeness (QED) is 0.560. The Morgan fingerprint density at radius 1 is 1.16 bits per heavy atom. The molecule has 1 saturated heterocycles. The molecule has 25 heavy (non-hydrogen) atoms. The minimum absolute atomic E-state index is 0.214. The SMILES string of the molecule is COc1ccc(NC2NNNC2C(=O)Nc2ccc(C)cc2Cl)cc1. The second-order valence-electron chi connectivity index (χ2n) is 5.71. The van der Waals surface area contributed by atoms with Crippen LogP contribution < -0.4 is 31.8 Å². The van der Waals surface area contributed by atoms with Gasteiger partial charge in [0.1, 0.15) is 18.0 Å². The number of hydrazine groups is 2. The first-order valence-corrected chi connectivity index (χ1v) is 8.18. The van der Waals surface area contributed by atoms with E-state index in [1.165, 1.54) is 0 Å². The average Bonchev–Trinajstić information content (AvgIpc) is 3.06. The number of ether oxygens (including phenoxy) is 1. The van der Waals surface area contributed by atoms with Gasteiger partial charge in [0.25, 0.3) is 0 Å². The monoisotopic (exact) mass is 361 g/mol. The molecule has 1 amide bonds. The Balaban J connectivity index is 1.66. The van der Waals surface area contributed by atoms with Crippen molar-refractivity contribution < 1.29 is 9.53 Å². The van der Waals surface area contributed by atoms with E-state index < -0.39 is 6.04 Å². The van der Waals surface area contributed by atoms with Crippen molar-refractivity contribution in [2.75, 3.05) is 17.7 Å². The van der Waals surface area contributed by atoms with Crippen molar-refractivity contribution >= 4 is 28.9 Å². The standard InChI is InChI=1S/C17H20ClN5O2/c1-10-3-8-14(13(18)9-10)20-17(24)15-16(22-23-21-15)19-11-4-6-12(25-2)7-5-11/h3-9,15-16,19,21-23H,1-2H3,(H,20,24). The number of carbonyl (C=O) groups excluding carboxylic acids is 1. The second-order valence-corrected chi connectivity index (χ2v) is 6.12. The predicted molar refractivity (Wildman–Crippen MR) is 98.4 cm³/mol. The number of carbonyl (C=O) groups is 1. The third kappa shape index (κ3) is 4.21. The Bertz CT molecular complexity index is 753. The van der Waals surface area contributed by atoms with Gasteiger partial charge in [-0.05, 0) is 48.9 Å². The lowest BCUT2D eigenvalue weighted by atomic mass is 10.2. The topological polar surface area (TPSA) is 86.5 Å². The van der Waals surface area contributed by atoms with E-state index >= 15 is 0 Å². The van der Waals surface area contributed by atoms with Crippen LogP contribution in [-0.4, -0.2) is 25.2 Å². The van der Waals surface area contributed by atoms with E-state index in [0.29, 0.717) is 10.7 Å². The van der Waals surface area contributed by atoms with Crippen LogP contribution in [0.2, 0.25) is 5.02 Å². The number of nitrogens with one attached hydrogen (secondary N) is 5. The Morgan fingerprint density at radius 3 is 2.60 bits per heavy atom. The van der Waals surface area contributed by atoms with Gasteiger partial charge in [0.05, 0.1) is 17.8 Å². The van der Waals surface area contributed by atoms with Crippen LogP contribution in [0.5, 0.6) is 5.75 Å². The van der Waals surface area contributed by atoms with Crippen molar-refractivity contribution in [2.24, 2.45) is 0 Å². The number of aryl methyl sites for hydroxylation is 1. The van der Waals surface area contributed by atoms with Crippen LogP contribution >= 0.6 is 11.6 Å². The van der Waals surface area contributed by atoms with Crippen molar-refractivity contribution in [3.05, 3.63) is 53.1 Å². The largest absolute Gasteiger partial charge is 0.497 e. The molecule has 0 bridgehead atoms. The molecule has 2 unspecified atom stereocenters. The number of hydrogen-bond donors (Lipinski definition) is 5. The fourth-order valence-electron chi connectivity index (χ4n) is 2.50. The maximum Gasteiger partial charge on any atom is 0.246 e. The van der Waals surface area contributed by atoms with E-state index in [1.807, 2.05) is 43.3 Å². The summed E-state index contributed by atoms with van der Waals surface area (Å²) in [6.45, 7) is 1.94. The summed E-state index contributed by atoms with van der Waals surface area (Å²) in [5, 5.41) is 6.59. The highest BCUT2D eigenvalue weighted by molar-refractivity contribution is 6.33. The summed E-state index contributed by atoms with van der Waals surface area (Å²) in [6, 6.07) is 12.4. The summed E-state index contributed by atoms with van der Waals surface area (Å²) in [4.78, 5) is 12.6. The van der Waals surface area contributed by atoms with Crippen molar-refractivity contribution in [3.8, 4) is 5.75 Å². The van der Waals surface area contributed by atoms with Gasteiger partial charge in [0, 0.05) is 5.69 Å². The summed E-state index contributed by atoms with van der Waals surface area (Å²) in [6.07, 6.45) is -0.349. The smallest absolute Gasteiger partial charge is 0.246 e. The lowest BCUT2D eigenvalue weighted by molar-refractivity contribution is -0.118. The number of methoxy groups -OCH3 is 1. The highest BCUT2D eigenvalue weighted by Crippen LogP contribution is 2.23. The zero-order valence-corrected chi connectivity index (χ0v) is 14.6. The zero-order chi connectivity index (χ0) is 17.8. The van der Waals surface area contributed by atoms with Crippen molar-refractivity contribution in [3.63, 3.8) is 0 Å². The molecule has 8 heteroatoms. The average molecular weight is 362 g/mol. The molecule has 1 aliphatic heterocycles. The Hall–Kier alpha value is -2.32. The van der Waals surface area contributed by atoms with E-state index in [9.17, 15) is 4.79 Å². The maximum atomic E-state index is 12.6. The van der Waals surface area contributed by atoms with Gasteiger partial charge in [0.15, 0.2) is 0 Å². The summed E-state index contributed by atoms with van der Waals surface area (Å²) in [5.74, 6) is 0.554. The molecule has 7 nitrogen and oxygen atoms in total. The fraction of sp³-hybridized carbons (Fsp3) is 0.235. The lowest BCUT2D eigenvalue weighted by Gasteiger charge is -2.20. The third-order valence-electron chi connectivity index (χ3n) is 3.87. The molecule has 1 aliphatic rings. The van der Waals surface area contributed by atoms with E-state index in [0.717, 1.165) is 17.0 Å². The van der Waals surface area contributed by atoms with E-state index in [-0.39, 0.29) is 12.1 Å². The normalized spacial score (nSPS) is 19.5. The first-order chi connectivity index (χ1) is 12.1. The molecule has 0 aliphatic carbocycles. The Morgan fingerprint density at radius 2 is 1.92 bits per heavy atom. The number of rotatable bonds is 5. The van der Waals surface area contributed by atoms with Crippen LogP contribution in [0.4, 0.5) is 11.4 Å². The third-order valence-corrected chi connectivity index (χ3v) is 4.18. The number of anilines is 2.